The monoisotopic (exact) mass is 303 g/mol. The topological polar surface area (TPSA) is 60.0 Å². The largest absolute Gasteiger partial charge is 0.491 e. The third kappa shape index (κ3) is 8.35. The van der Waals surface area contributed by atoms with Crippen LogP contribution in [0.4, 0.5) is 0 Å². The molecule has 0 heterocycles. The first kappa shape index (κ1) is 17.2. The van der Waals surface area contributed by atoms with E-state index < -0.39 is 6.10 Å². The lowest BCUT2D eigenvalue weighted by Gasteiger charge is -2.13. The summed E-state index contributed by atoms with van der Waals surface area (Å²) >= 11 is 5.84. The number of hydrogen-bond acceptors (Lipinski definition) is 5. The second kappa shape index (κ2) is 10.9. The van der Waals surface area contributed by atoms with Crippen molar-refractivity contribution in [2.75, 3.05) is 46.6 Å². The minimum atomic E-state index is -0.576. The van der Waals surface area contributed by atoms with E-state index >= 15 is 0 Å². The van der Waals surface area contributed by atoms with Crippen LogP contribution in [-0.2, 0) is 9.47 Å². The summed E-state index contributed by atoms with van der Waals surface area (Å²) in [5.74, 6) is 0.652. The molecule has 0 radical (unpaired) electrons. The van der Waals surface area contributed by atoms with E-state index in [1.54, 1.807) is 31.4 Å². The lowest BCUT2D eigenvalue weighted by atomic mass is 10.3. The number of benzene rings is 1. The molecular formula is C14H22ClNO4. The van der Waals surface area contributed by atoms with Crippen molar-refractivity contribution in [3.63, 3.8) is 0 Å². The SMILES string of the molecule is COCCOCCNCC(O)COc1cccc(Cl)c1. The Morgan fingerprint density at radius 2 is 2.15 bits per heavy atom. The fourth-order valence-electron chi connectivity index (χ4n) is 1.47. The molecule has 1 unspecified atom stereocenters. The number of methoxy groups -OCH3 is 1. The van der Waals surface area contributed by atoms with Crippen molar-refractivity contribution in [2.24, 2.45) is 0 Å². The summed E-state index contributed by atoms with van der Waals surface area (Å²) in [7, 11) is 1.64. The predicted octanol–water partition coefficient (Wildman–Crippen LogP) is 1.33. The van der Waals surface area contributed by atoms with Crippen LogP contribution < -0.4 is 10.1 Å². The minimum Gasteiger partial charge on any atom is -0.491 e. The zero-order chi connectivity index (χ0) is 14.6. The molecule has 0 aliphatic heterocycles. The van der Waals surface area contributed by atoms with Gasteiger partial charge in [-0.05, 0) is 18.2 Å². The van der Waals surface area contributed by atoms with Crippen molar-refractivity contribution in [2.45, 2.75) is 6.10 Å². The maximum atomic E-state index is 9.74. The van der Waals surface area contributed by atoms with Gasteiger partial charge in [0.05, 0.1) is 19.8 Å². The Morgan fingerprint density at radius 3 is 2.90 bits per heavy atom. The molecule has 1 aromatic carbocycles. The molecular weight excluding hydrogens is 282 g/mol. The fourth-order valence-corrected chi connectivity index (χ4v) is 1.65. The Balaban J connectivity index is 2.01. The summed E-state index contributed by atoms with van der Waals surface area (Å²) in [5, 5.41) is 13.4. The summed E-state index contributed by atoms with van der Waals surface area (Å²) in [6, 6.07) is 7.09. The molecule has 0 bridgehead atoms. The first-order valence-electron chi connectivity index (χ1n) is 6.56. The van der Waals surface area contributed by atoms with Crippen LogP contribution in [0.25, 0.3) is 0 Å². The number of aliphatic hydroxyl groups excluding tert-OH is 1. The van der Waals surface area contributed by atoms with Crippen LogP contribution in [0.2, 0.25) is 5.02 Å². The van der Waals surface area contributed by atoms with Crippen LogP contribution in [0.3, 0.4) is 0 Å². The second-order valence-corrected chi connectivity index (χ2v) is 4.67. The van der Waals surface area contributed by atoms with Crippen LogP contribution in [0.15, 0.2) is 24.3 Å². The Kier molecular flexibility index (Phi) is 9.36. The van der Waals surface area contributed by atoms with E-state index in [2.05, 4.69) is 5.32 Å². The van der Waals surface area contributed by atoms with Crippen molar-refractivity contribution in [1.29, 1.82) is 0 Å². The van der Waals surface area contributed by atoms with E-state index in [4.69, 9.17) is 25.8 Å². The van der Waals surface area contributed by atoms with Crippen LogP contribution >= 0.6 is 11.6 Å². The quantitative estimate of drug-likeness (QED) is 0.604. The molecule has 0 aliphatic rings. The van der Waals surface area contributed by atoms with Gasteiger partial charge in [0.15, 0.2) is 0 Å². The highest BCUT2D eigenvalue weighted by atomic mass is 35.5. The number of nitrogens with one attached hydrogen (secondary N) is 1. The summed E-state index contributed by atoms with van der Waals surface area (Å²) in [5.41, 5.74) is 0. The molecule has 114 valence electrons. The molecule has 5 nitrogen and oxygen atoms in total. The first-order valence-corrected chi connectivity index (χ1v) is 6.94. The van der Waals surface area contributed by atoms with Crippen molar-refractivity contribution >= 4 is 11.6 Å². The van der Waals surface area contributed by atoms with Crippen molar-refractivity contribution in [3.05, 3.63) is 29.3 Å². The summed E-state index contributed by atoms with van der Waals surface area (Å²) in [6.07, 6.45) is -0.576. The highest BCUT2D eigenvalue weighted by Crippen LogP contribution is 2.17. The lowest BCUT2D eigenvalue weighted by molar-refractivity contribution is 0.0679. The highest BCUT2D eigenvalue weighted by molar-refractivity contribution is 6.30. The maximum Gasteiger partial charge on any atom is 0.120 e. The Bertz CT molecular complexity index is 365. The molecule has 0 amide bonds. The van der Waals surface area contributed by atoms with E-state index in [-0.39, 0.29) is 6.61 Å². The third-order valence-corrected chi connectivity index (χ3v) is 2.71. The van der Waals surface area contributed by atoms with Gasteiger partial charge in [-0.25, -0.2) is 0 Å². The van der Waals surface area contributed by atoms with Crippen molar-refractivity contribution in [1.82, 2.24) is 5.32 Å². The number of hydrogen-bond donors (Lipinski definition) is 2. The smallest absolute Gasteiger partial charge is 0.120 e. The fraction of sp³-hybridized carbons (Fsp3) is 0.571. The van der Waals surface area contributed by atoms with Gasteiger partial charge in [-0.3, -0.25) is 0 Å². The van der Waals surface area contributed by atoms with Gasteiger partial charge in [0.25, 0.3) is 0 Å². The van der Waals surface area contributed by atoms with Crippen LogP contribution in [0.5, 0.6) is 5.75 Å². The molecule has 6 heteroatoms. The van der Waals surface area contributed by atoms with Gasteiger partial charge in [-0.15, -0.1) is 0 Å². The molecule has 1 aromatic rings. The van der Waals surface area contributed by atoms with Gasteiger partial charge in [-0.1, -0.05) is 17.7 Å². The Morgan fingerprint density at radius 1 is 1.30 bits per heavy atom. The zero-order valence-electron chi connectivity index (χ0n) is 11.7. The van der Waals surface area contributed by atoms with Crippen molar-refractivity contribution < 1.29 is 19.3 Å². The molecule has 0 spiro atoms. The average Bonchev–Trinajstić information content (AvgIpc) is 2.44. The Hall–Kier alpha value is -0.850. The van der Waals surface area contributed by atoms with Crippen molar-refractivity contribution in [3.8, 4) is 5.75 Å². The minimum absolute atomic E-state index is 0.220. The number of rotatable bonds is 11. The van der Waals surface area contributed by atoms with E-state index in [1.165, 1.54) is 0 Å². The standard InChI is InChI=1S/C14H22ClNO4/c1-18-7-8-19-6-5-16-10-13(17)11-20-14-4-2-3-12(15)9-14/h2-4,9,13,16-17H,5-8,10-11H2,1H3. The van der Waals surface area contributed by atoms with E-state index in [0.29, 0.717) is 43.7 Å². The predicted molar refractivity (Wildman–Crippen MR) is 78.5 cm³/mol. The highest BCUT2D eigenvalue weighted by Gasteiger charge is 2.05. The van der Waals surface area contributed by atoms with E-state index in [9.17, 15) is 5.11 Å². The molecule has 0 saturated carbocycles. The molecule has 2 N–H and O–H groups in total. The van der Waals surface area contributed by atoms with Gasteiger partial charge in [-0.2, -0.15) is 0 Å². The average molecular weight is 304 g/mol. The maximum absolute atomic E-state index is 9.74. The number of ether oxygens (including phenoxy) is 3. The molecule has 0 fully saturated rings. The first-order chi connectivity index (χ1) is 9.72. The van der Waals surface area contributed by atoms with Crippen LogP contribution in [-0.4, -0.2) is 57.8 Å². The molecule has 20 heavy (non-hydrogen) atoms. The van der Waals surface area contributed by atoms with E-state index in [0.717, 1.165) is 0 Å². The van der Waals surface area contributed by atoms with Gasteiger partial charge in [0.1, 0.15) is 18.5 Å². The normalized spacial score (nSPS) is 12.3. The summed E-state index contributed by atoms with van der Waals surface area (Å²) in [6.45, 7) is 3.12. The summed E-state index contributed by atoms with van der Waals surface area (Å²) in [4.78, 5) is 0. The zero-order valence-corrected chi connectivity index (χ0v) is 12.4. The molecule has 1 rings (SSSR count). The van der Waals surface area contributed by atoms with Gasteiger partial charge in [0, 0.05) is 25.2 Å². The third-order valence-electron chi connectivity index (χ3n) is 2.47. The molecule has 0 aliphatic carbocycles. The van der Waals surface area contributed by atoms with Gasteiger partial charge in [0.2, 0.25) is 0 Å². The van der Waals surface area contributed by atoms with Gasteiger partial charge < -0.3 is 24.6 Å². The van der Waals surface area contributed by atoms with Gasteiger partial charge >= 0.3 is 0 Å². The van der Waals surface area contributed by atoms with Crippen LogP contribution in [0.1, 0.15) is 0 Å². The van der Waals surface area contributed by atoms with E-state index in [1.807, 2.05) is 0 Å². The van der Waals surface area contributed by atoms with Crippen LogP contribution in [0, 0.1) is 0 Å². The lowest BCUT2D eigenvalue weighted by Crippen LogP contribution is -2.33. The number of halogens is 1. The second-order valence-electron chi connectivity index (χ2n) is 4.23. The summed E-state index contributed by atoms with van der Waals surface area (Å²) < 4.78 is 15.6. The Labute approximate surface area is 124 Å². The molecule has 0 aromatic heterocycles. The molecule has 1 atom stereocenters. The number of aliphatic hydroxyl groups is 1. The molecule has 0 saturated heterocycles.